The molecule has 6 aliphatic heterocycles. The van der Waals surface area contributed by atoms with E-state index in [1.807, 2.05) is 25.5 Å². The first-order chi connectivity index (χ1) is 48.6. The summed E-state index contributed by atoms with van der Waals surface area (Å²) < 4.78 is 45.4. The first-order valence-corrected chi connectivity index (χ1v) is 35.4. The van der Waals surface area contributed by atoms with E-state index in [0.717, 1.165) is 6.07 Å². The second kappa shape index (κ2) is 35.4. The standard InChI is InChI=1S/C23H24Cl2N4O5S.C21H20Cl2N4O5S.C21H20ClFN4O5S/c1-2-34-23(32)19-17(11-29-6-7-33-12-14(29)10-18(30)31)27-21(22-26-5-8-35-22)28-20(19)15-4-3-13(24)9-16(15)25;1-31-21(30)16-14(9-27-5-6-32-15(10-27)20(28)29)25-18(19-24-4-7-33-19)26-17(16)12-3-2-11(22)8-13(12)23;1-31-21(30)16-14(9-27-5-6-32-15(10-27)20(28)29)25-18(19-24-4-7-33-19)26-17(16)12-3-2-11(23)8-13(12)22/h3-5,8-9,14,20H,2,6-7,10-12H2,1H3,(H,27,28)(H,30,31);2*2-4,7-8,15,17H,5-6,9-10H2,1H3,(H,25,26)(H,28,29). The Hall–Kier alpha value is -7.86. The van der Waals surface area contributed by atoms with Gasteiger partial charge in [0.15, 0.2) is 44.7 Å². The van der Waals surface area contributed by atoms with Crippen LogP contribution < -0.4 is 16.0 Å². The van der Waals surface area contributed by atoms with Gasteiger partial charge in [0.2, 0.25) is 0 Å². The average molecular weight is 1550 g/mol. The number of ether oxygens (including phenoxy) is 6. The summed E-state index contributed by atoms with van der Waals surface area (Å²) in [6.07, 6.45) is 2.96. The molecule has 6 N–H and O–H groups in total. The molecule has 0 bridgehead atoms. The number of hydrogen-bond donors (Lipinski definition) is 6. The van der Waals surface area contributed by atoms with Gasteiger partial charge < -0.3 is 59.7 Å². The molecule has 3 aromatic heterocycles. The average Bonchev–Trinajstić information content (AvgIpc) is 1.54. The molecule has 101 heavy (non-hydrogen) atoms. The summed E-state index contributed by atoms with van der Waals surface area (Å²) in [5, 5.41) is 46.8. The molecule has 3 fully saturated rings. The Kier molecular flexibility index (Phi) is 26.5. The zero-order valence-corrected chi connectivity index (χ0v) is 60.0. The zero-order valence-electron chi connectivity index (χ0n) is 53.8. The van der Waals surface area contributed by atoms with Crippen molar-refractivity contribution in [2.45, 2.75) is 49.7 Å². The number of hydrogen-bond acceptors (Lipinski definition) is 27. The SMILES string of the molecule is CCOC(=O)C1=C(CN2CCOCC2CC(=O)O)NC(c2nccs2)=NC1c1ccc(Cl)cc1Cl.COC(=O)C1=C(CN2CCOC(C(=O)O)C2)NC(c2nccs2)=NC1c1ccc(Cl)cc1Cl.COC(=O)C1=C(CN2CCOC(C(=O)O)C2)NC(c2nccs2)=NC1c1ccc(F)cc1Cl. The van der Waals surface area contributed by atoms with Crippen molar-refractivity contribution in [3.63, 3.8) is 0 Å². The number of carbonyl (C=O) groups is 6. The van der Waals surface area contributed by atoms with Crippen LogP contribution in [-0.4, -0.2) is 216 Å². The highest BCUT2D eigenvalue weighted by molar-refractivity contribution is 7.12. The molecule has 0 aliphatic carbocycles. The molecule has 27 nitrogen and oxygen atoms in total. The van der Waals surface area contributed by atoms with E-state index in [9.17, 15) is 48.5 Å². The van der Waals surface area contributed by atoms with E-state index in [4.69, 9.17) is 96.4 Å². The lowest BCUT2D eigenvalue weighted by atomic mass is 9.95. The molecular weight excluding hydrogens is 1480 g/mol. The smallest absolute Gasteiger partial charge is 0.338 e. The minimum absolute atomic E-state index is 0.0815. The van der Waals surface area contributed by atoms with Crippen LogP contribution in [0.3, 0.4) is 0 Å². The van der Waals surface area contributed by atoms with Gasteiger partial charge in [0.25, 0.3) is 0 Å². The van der Waals surface area contributed by atoms with Gasteiger partial charge in [-0.3, -0.25) is 34.5 Å². The van der Waals surface area contributed by atoms with Crippen LogP contribution in [-0.2, 0) is 57.2 Å². The van der Waals surface area contributed by atoms with Crippen LogP contribution in [0.5, 0.6) is 0 Å². The number of methoxy groups -OCH3 is 2. The highest BCUT2D eigenvalue weighted by atomic mass is 35.5. The minimum Gasteiger partial charge on any atom is -0.481 e. The van der Waals surface area contributed by atoms with Gasteiger partial charge in [0.1, 0.15) is 23.9 Å². The van der Waals surface area contributed by atoms with Gasteiger partial charge >= 0.3 is 35.8 Å². The van der Waals surface area contributed by atoms with Gasteiger partial charge in [-0.25, -0.2) is 43.3 Å². The van der Waals surface area contributed by atoms with Gasteiger partial charge in [0, 0.05) is 152 Å². The number of carboxylic acid groups (broad SMARTS) is 3. The Morgan fingerprint density at radius 1 is 0.574 bits per heavy atom. The number of aromatic nitrogens is 3. The summed E-state index contributed by atoms with van der Waals surface area (Å²) in [5.41, 5.74) is 3.94. The second-order valence-electron chi connectivity index (χ2n) is 22.6. The molecule has 0 radical (unpaired) electrons. The van der Waals surface area contributed by atoms with E-state index in [-0.39, 0.29) is 87.8 Å². The van der Waals surface area contributed by atoms with Gasteiger partial charge in [0.05, 0.1) is 70.4 Å². The molecule has 6 aliphatic rings. The summed E-state index contributed by atoms with van der Waals surface area (Å²) in [5.74, 6) is -3.87. The number of amidine groups is 3. The van der Waals surface area contributed by atoms with Crippen molar-refractivity contribution >= 4 is 145 Å². The summed E-state index contributed by atoms with van der Waals surface area (Å²) in [6.45, 7) is 5.66. The van der Waals surface area contributed by atoms with Crippen LogP contribution in [0.25, 0.3) is 0 Å². The molecule has 9 heterocycles. The van der Waals surface area contributed by atoms with E-state index in [2.05, 4.69) is 35.9 Å². The number of morpholine rings is 3. The van der Waals surface area contributed by atoms with Crippen LogP contribution in [0, 0.1) is 5.82 Å². The van der Waals surface area contributed by atoms with E-state index in [0.29, 0.717) is 118 Å². The van der Waals surface area contributed by atoms with Crippen molar-refractivity contribution in [2.75, 3.05) is 99.6 Å². The van der Waals surface area contributed by atoms with E-state index in [1.54, 1.807) is 67.3 Å². The molecule has 6 aromatic rings. The first kappa shape index (κ1) is 75.8. The number of nitrogens with one attached hydrogen (secondary N) is 3. The van der Waals surface area contributed by atoms with Gasteiger partial charge in [-0.15, -0.1) is 34.0 Å². The van der Waals surface area contributed by atoms with Gasteiger partial charge in [-0.05, 0) is 43.3 Å². The van der Waals surface area contributed by atoms with E-state index >= 15 is 0 Å². The summed E-state index contributed by atoms with van der Waals surface area (Å²) >= 11 is 35.7. The molecule has 6 atom stereocenters. The summed E-state index contributed by atoms with van der Waals surface area (Å²) in [6, 6.07) is 11.1. The summed E-state index contributed by atoms with van der Waals surface area (Å²) in [4.78, 5) is 106. The molecule has 0 saturated carbocycles. The lowest BCUT2D eigenvalue weighted by Crippen LogP contribution is -2.49. The molecule has 36 heteroatoms. The molecule has 3 aromatic carbocycles. The third kappa shape index (κ3) is 19.1. The second-order valence-corrected chi connectivity index (χ2v) is 27.3. The van der Waals surface area contributed by atoms with Crippen LogP contribution in [0.1, 0.15) is 63.2 Å². The predicted molar refractivity (Wildman–Crippen MR) is 376 cm³/mol. The summed E-state index contributed by atoms with van der Waals surface area (Å²) in [7, 11) is 2.55. The Balaban J connectivity index is 0.000000163. The zero-order chi connectivity index (χ0) is 72.0. The molecule has 0 spiro atoms. The Labute approximate surface area is 613 Å². The Morgan fingerprint density at radius 2 is 0.990 bits per heavy atom. The fourth-order valence-corrected chi connectivity index (χ4v) is 14.5. The topological polar surface area (TPSA) is 340 Å². The van der Waals surface area contributed by atoms with Crippen molar-refractivity contribution in [2.24, 2.45) is 15.0 Å². The third-order valence-electron chi connectivity index (χ3n) is 16.1. The minimum atomic E-state index is -1.06. The third-order valence-corrected chi connectivity index (χ3v) is 19.9. The van der Waals surface area contributed by atoms with Crippen LogP contribution in [0.15, 0.2) is 138 Å². The van der Waals surface area contributed by atoms with Crippen molar-refractivity contribution in [1.29, 1.82) is 0 Å². The number of rotatable bonds is 20. The van der Waals surface area contributed by atoms with Gasteiger partial charge in [-0.1, -0.05) is 76.2 Å². The highest BCUT2D eigenvalue weighted by Crippen LogP contribution is 2.41. The van der Waals surface area contributed by atoms with Crippen LogP contribution in [0.2, 0.25) is 25.1 Å². The number of aliphatic imine (C=N–C) groups is 3. The maximum Gasteiger partial charge on any atom is 0.338 e. The molecule has 6 unspecified atom stereocenters. The monoisotopic (exact) mass is 1540 g/mol. The Morgan fingerprint density at radius 3 is 1.37 bits per heavy atom. The number of nitrogens with zero attached hydrogens (tertiary/aromatic N) is 9. The number of halogens is 6. The number of carbonyl (C=O) groups excluding carboxylic acids is 3. The van der Waals surface area contributed by atoms with E-state index in [1.165, 1.54) is 60.4 Å². The largest absolute Gasteiger partial charge is 0.481 e. The van der Waals surface area contributed by atoms with Crippen LogP contribution in [0.4, 0.5) is 4.39 Å². The fraction of sp³-hybridized carbons (Fsp3) is 0.354. The molecule has 3 saturated heterocycles. The quantitative estimate of drug-likeness (QED) is 0.0308. The highest BCUT2D eigenvalue weighted by Gasteiger charge is 2.40. The molecule has 12 rings (SSSR count). The molecule has 534 valence electrons. The lowest BCUT2D eigenvalue weighted by Gasteiger charge is -2.37. The van der Waals surface area contributed by atoms with E-state index < -0.39 is 72.0 Å². The van der Waals surface area contributed by atoms with Crippen molar-refractivity contribution in [3.8, 4) is 0 Å². The van der Waals surface area contributed by atoms with Gasteiger partial charge in [-0.2, -0.15) is 0 Å². The molecular formula is C65H64Cl5FN12O15S3. The maximum atomic E-state index is 13.7. The van der Waals surface area contributed by atoms with Crippen LogP contribution >= 0.6 is 92.0 Å². The number of benzene rings is 3. The predicted octanol–water partition coefficient (Wildman–Crippen LogP) is 8.53. The Bertz CT molecular complexity index is 4070. The van der Waals surface area contributed by atoms with Crippen molar-refractivity contribution in [3.05, 3.63) is 186 Å². The fourth-order valence-electron chi connectivity index (χ4n) is 11.4. The maximum absolute atomic E-state index is 13.7. The number of carboxylic acids is 3. The normalized spacial score (nSPS) is 21.2. The lowest BCUT2D eigenvalue weighted by molar-refractivity contribution is -0.156. The van der Waals surface area contributed by atoms with Crippen molar-refractivity contribution in [1.82, 2.24) is 45.6 Å². The molecule has 0 amide bonds. The first-order valence-electron chi connectivity index (χ1n) is 30.9. The number of thiazole rings is 3. The van der Waals surface area contributed by atoms with Crippen molar-refractivity contribution < 1.29 is 76.9 Å². The number of esters is 3. The number of aliphatic carboxylic acids is 3.